The molecular weight excluding hydrogens is 309 g/mol. The van der Waals surface area contributed by atoms with Crippen LogP contribution in [0.25, 0.3) is 0 Å². The summed E-state index contributed by atoms with van der Waals surface area (Å²) in [6.45, 7) is 0.683. The molecule has 3 rings (SSSR count). The second kappa shape index (κ2) is 6.10. The minimum Gasteiger partial charge on any atom is -0.489 e. The number of benzene rings is 1. The molecule has 6 heteroatoms. The molecular formula is C15H18FNO2S2. The van der Waals surface area contributed by atoms with Gasteiger partial charge in [-0.05, 0) is 24.3 Å². The first kappa shape index (κ1) is 15.1. The number of nitrogens with two attached hydrogens (primary N) is 1. The molecule has 2 aliphatic heterocycles. The molecule has 114 valence electrons. The fourth-order valence-electron chi connectivity index (χ4n) is 2.97. The van der Waals surface area contributed by atoms with Crippen molar-refractivity contribution in [3.63, 3.8) is 0 Å². The van der Waals surface area contributed by atoms with Gasteiger partial charge < -0.3 is 15.2 Å². The highest BCUT2D eigenvalue weighted by Gasteiger charge is 2.41. The lowest BCUT2D eigenvalue weighted by atomic mass is 9.91. The molecule has 21 heavy (non-hydrogen) atoms. The third kappa shape index (κ3) is 3.17. The predicted molar refractivity (Wildman–Crippen MR) is 86.6 cm³/mol. The molecule has 2 aliphatic rings. The zero-order valence-electron chi connectivity index (χ0n) is 11.6. The number of rotatable bonds is 3. The quantitative estimate of drug-likeness (QED) is 0.865. The Bertz CT molecular complexity index is 546. The van der Waals surface area contributed by atoms with Gasteiger partial charge in [-0.15, -0.1) is 0 Å². The van der Waals surface area contributed by atoms with E-state index < -0.39 is 5.82 Å². The minimum atomic E-state index is -0.432. The van der Waals surface area contributed by atoms with Gasteiger partial charge in [-0.1, -0.05) is 18.3 Å². The Labute approximate surface area is 133 Å². The van der Waals surface area contributed by atoms with E-state index in [1.54, 1.807) is 12.1 Å². The molecule has 0 saturated carbocycles. The number of hydrogen-bond donors (Lipinski definition) is 1. The van der Waals surface area contributed by atoms with Crippen LogP contribution in [0.2, 0.25) is 0 Å². The first-order valence-electron chi connectivity index (χ1n) is 7.06. The highest BCUT2D eigenvalue weighted by Crippen LogP contribution is 2.39. The number of thioether (sulfide) groups is 1. The fourth-order valence-corrected chi connectivity index (χ4v) is 4.54. The lowest BCUT2D eigenvalue weighted by Crippen LogP contribution is -2.44. The Morgan fingerprint density at radius 2 is 2.38 bits per heavy atom. The van der Waals surface area contributed by atoms with Crippen molar-refractivity contribution in [3.8, 4) is 5.75 Å². The number of halogens is 1. The third-order valence-electron chi connectivity index (χ3n) is 4.03. The smallest absolute Gasteiger partial charge is 0.137 e. The molecule has 1 aromatic rings. The third-order valence-corrected chi connectivity index (χ3v) is 5.46. The molecule has 1 spiro atoms. The maximum Gasteiger partial charge on any atom is 0.137 e. The summed E-state index contributed by atoms with van der Waals surface area (Å²) in [5, 5.41) is 0. The Morgan fingerprint density at radius 1 is 1.52 bits per heavy atom. The molecule has 2 N–H and O–H groups in total. The van der Waals surface area contributed by atoms with Gasteiger partial charge in [0, 0.05) is 18.6 Å². The summed E-state index contributed by atoms with van der Waals surface area (Å²) < 4.78 is 25.9. The normalized spacial score (nSPS) is 28.7. The molecule has 0 amide bonds. The van der Waals surface area contributed by atoms with Gasteiger partial charge in [0.05, 0.1) is 17.8 Å². The van der Waals surface area contributed by atoms with Gasteiger partial charge in [-0.3, -0.25) is 0 Å². The van der Waals surface area contributed by atoms with Crippen molar-refractivity contribution in [3.05, 3.63) is 29.6 Å². The Morgan fingerprint density at radius 3 is 3.10 bits per heavy atom. The van der Waals surface area contributed by atoms with Crippen LogP contribution in [0.4, 0.5) is 4.39 Å². The van der Waals surface area contributed by atoms with E-state index in [1.807, 2.05) is 11.8 Å². The maximum absolute atomic E-state index is 13.9. The predicted octanol–water partition coefficient (Wildman–Crippen LogP) is 2.89. The number of thiocarbonyl (C=S) groups is 1. The van der Waals surface area contributed by atoms with E-state index in [4.69, 9.17) is 27.4 Å². The Hall–Kier alpha value is -0.850. The fraction of sp³-hybridized carbons (Fsp3) is 0.533. The Kier molecular flexibility index (Phi) is 4.38. The molecule has 2 saturated heterocycles. The van der Waals surface area contributed by atoms with Gasteiger partial charge in [0.1, 0.15) is 22.7 Å². The van der Waals surface area contributed by atoms with Crippen LogP contribution in [0.15, 0.2) is 18.2 Å². The molecule has 0 radical (unpaired) electrons. The van der Waals surface area contributed by atoms with Crippen molar-refractivity contribution in [1.29, 1.82) is 0 Å². The SMILES string of the molecule is NC(=S)c1c(F)cccc1OC1CCOC2(CCSC2)C1. The minimum absolute atomic E-state index is 0.0207. The molecule has 2 atom stereocenters. The van der Waals surface area contributed by atoms with Crippen LogP contribution in [-0.2, 0) is 4.74 Å². The summed E-state index contributed by atoms with van der Waals surface area (Å²) in [7, 11) is 0. The summed E-state index contributed by atoms with van der Waals surface area (Å²) in [6, 6.07) is 4.69. The topological polar surface area (TPSA) is 44.5 Å². The average molecular weight is 327 g/mol. The lowest BCUT2D eigenvalue weighted by molar-refractivity contribution is -0.0959. The van der Waals surface area contributed by atoms with Gasteiger partial charge in [0.15, 0.2) is 0 Å². The molecule has 3 nitrogen and oxygen atoms in total. The van der Waals surface area contributed by atoms with Crippen LogP contribution in [0.3, 0.4) is 0 Å². The van der Waals surface area contributed by atoms with E-state index in [2.05, 4.69) is 0 Å². The summed E-state index contributed by atoms with van der Waals surface area (Å²) >= 11 is 6.85. The van der Waals surface area contributed by atoms with Crippen LogP contribution in [-0.4, -0.2) is 34.8 Å². The van der Waals surface area contributed by atoms with Gasteiger partial charge >= 0.3 is 0 Å². The van der Waals surface area contributed by atoms with Crippen LogP contribution in [0, 0.1) is 5.82 Å². The Balaban J connectivity index is 1.77. The van der Waals surface area contributed by atoms with Crippen LogP contribution >= 0.6 is 24.0 Å². The van der Waals surface area contributed by atoms with Gasteiger partial charge in [0.2, 0.25) is 0 Å². The zero-order valence-corrected chi connectivity index (χ0v) is 13.3. The van der Waals surface area contributed by atoms with Gasteiger partial charge in [0.25, 0.3) is 0 Å². The molecule has 2 heterocycles. The van der Waals surface area contributed by atoms with Gasteiger partial charge in [-0.25, -0.2) is 4.39 Å². The standard InChI is InChI=1S/C15H18FNO2S2/c16-11-2-1-3-12(13(11)14(17)20)19-10-4-6-18-15(8-10)5-7-21-9-15/h1-3,10H,4-9H2,(H2,17,20). The van der Waals surface area contributed by atoms with Crippen LogP contribution < -0.4 is 10.5 Å². The zero-order chi connectivity index (χ0) is 14.9. The van der Waals surface area contributed by atoms with Crippen LogP contribution in [0.1, 0.15) is 24.8 Å². The molecule has 0 bridgehead atoms. The number of ether oxygens (including phenoxy) is 2. The molecule has 0 aliphatic carbocycles. The highest BCUT2D eigenvalue weighted by molar-refractivity contribution is 7.99. The van der Waals surface area contributed by atoms with E-state index in [0.717, 1.165) is 30.8 Å². The molecule has 1 aromatic carbocycles. The van der Waals surface area contributed by atoms with E-state index in [9.17, 15) is 4.39 Å². The average Bonchev–Trinajstić information content (AvgIpc) is 2.86. The molecule has 2 unspecified atom stereocenters. The molecule has 2 fully saturated rings. The number of hydrogen-bond acceptors (Lipinski definition) is 4. The highest BCUT2D eigenvalue weighted by atomic mass is 32.2. The van der Waals surface area contributed by atoms with E-state index in [-0.39, 0.29) is 22.3 Å². The van der Waals surface area contributed by atoms with E-state index in [1.165, 1.54) is 6.07 Å². The van der Waals surface area contributed by atoms with Crippen molar-refractivity contribution < 1.29 is 13.9 Å². The van der Waals surface area contributed by atoms with E-state index in [0.29, 0.717) is 12.4 Å². The van der Waals surface area contributed by atoms with Crippen LogP contribution in [0.5, 0.6) is 5.75 Å². The second-order valence-corrected chi connectivity index (χ2v) is 7.09. The monoisotopic (exact) mass is 327 g/mol. The van der Waals surface area contributed by atoms with Crippen molar-refractivity contribution >= 4 is 29.0 Å². The van der Waals surface area contributed by atoms with Gasteiger partial charge in [-0.2, -0.15) is 11.8 Å². The first-order chi connectivity index (χ1) is 10.1. The summed E-state index contributed by atoms with van der Waals surface area (Å²) in [5.74, 6) is 2.15. The van der Waals surface area contributed by atoms with Crippen molar-refractivity contribution in [2.45, 2.75) is 31.0 Å². The summed E-state index contributed by atoms with van der Waals surface area (Å²) in [6.07, 6.45) is 2.72. The second-order valence-electron chi connectivity index (χ2n) is 5.54. The summed E-state index contributed by atoms with van der Waals surface area (Å²) in [4.78, 5) is 0.0290. The lowest BCUT2D eigenvalue weighted by Gasteiger charge is -2.37. The van der Waals surface area contributed by atoms with E-state index >= 15 is 0 Å². The van der Waals surface area contributed by atoms with Crippen molar-refractivity contribution in [2.24, 2.45) is 5.73 Å². The van der Waals surface area contributed by atoms with Crippen molar-refractivity contribution in [2.75, 3.05) is 18.1 Å². The largest absolute Gasteiger partial charge is 0.489 e. The summed E-state index contributed by atoms with van der Waals surface area (Å²) in [5.41, 5.74) is 5.76. The maximum atomic E-state index is 13.9. The van der Waals surface area contributed by atoms with Crippen molar-refractivity contribution in [1.82, 2.24) is 0 Å². The first-order valence-corrected chi connectivity index (χ1v) is 8.63. The molecule has 0 aromatic heterocycles.